The number of thioether (sulfide) groups is 1. The van der Waals surface area contributed by atoms with Crippen molar-refractivity contribution in [3.8, 4) is 5.82 Å². The monoisotopic (exact) mass is 1070 g/mol. The van der Waals surface area contributed by atoms with Gasteiger partial charge in [-0.1, -0.05) is 191 Å². The highest BCUT2D eigenvalue weighted by Crippen LogP contribution is 2.47. The van der Waals surface area contributed by atoms with Crippen LogP contribution in [0.5, 0.6) is 0 Å². The van der Waals surface area contributed by atoms with Crippen molar-refractivity contribution in [1.29, 1.82) is 0 Å². The van der Waals surface area contributed by atoms with Gasteiger partial charge in [0.15, 0.2) is 0 Å². The standard InChI is InChI=1S/C62H80B6N4O6S/c1-57(2,3)44-32-33-69-55(38-44)72-51-27-20-19-26-47(51)48-31-30-43(35-54(48)72)40-79-39-42-24-23-25-46(34-42)70-41-71(53-29-22-21-28-52(53)70)56-49(63-73-65(59(7,8)9)77-66(74-63)60(10,11)12)36-45(58(4,5)6)37-50(56)64-75-67(61(13,14)15)78-68(76-64)62(16,17)18/h19-38H,39-41H2,1-18H3. The van der Waals surface area contributed by atoms with Crippen LogP contribution in [0.4, 0.5) is 22.7 Å². The largest absolute Gasteiger partial charge is 0.468 e. The van der Waals surface area contributed by atoms with Crippen molar-refractivity contribution in [1.82, 2.24) is 9.55 Å². The molecular formula is C62H80B6N4O6S. The van der Waals surface area contributed by atoms with Gasteiger partial charge in [0.05, 0.1) is 22.4 Å². The number of nitrogens with zero attached hydrogens (tertiary/aromatic N) is 4. The van der Waals surface area contributed by atoms with Crippen molar-refractivity contribution < 1.29 is 27.4 Å². The fourth-order valence-electron chi connectivity index (χ4n) is 10.7. The number of anilines is 4. The molecule has 5 aromatic carbocycles. The van der Waals surface area contributed by atoms with Crippen LogP contribution >= 0.6 is 11.8 Å². The summed E-state index contributed by atoms with van der Waals surface area (Å²) in [5, 5.41) is 1.06. The van der Waals surface area contributed by atoms with E-state index >= 15 is 0 Å². The lowest BCUT2D eigenvalue weighted by Gasteiger charge is -2.43. The van der Waals surface area contributed by atoms with Crippen LogP contribution < -0.4 is 20.7 Å². The molecule has 17 heteroatoms. The van der Waals surface area contributed by atoms with Crippen LogP contribution in [0.2, 0.25) is 21.3 Å². The summed E-state index contributed by atoms with van der Waals surface area (Å²) in [6.07, 6.45) is 1.95. The Labute approximate surface area is 478 Å². The minimum Gasteiger partial charge on any atom is -0.452 e. The van der Waals surface area contributed by atoms with Crippen LogP contribution in [0.3, 0.4) is 0 Å². The Bertz CT molecular complexity index is 3260. The molecule has 2 aromatic heterocycles. The summed E-state index contributed by atoms with van der Waals surface area (Å²) in [4.78, 5) is 9.77. The van der Waals surface area contributed by atoms with Gasteiger partial charge in [-0.2, -0.15) is 11.8 Å². The molecule has 0 saturated carbocycles. The third-order valence-corrected chi connectivity index (χ3v) is 16.3. The number of fused-ring (bicyclic) bond motifs is 4. The zero-order valence-electron chi connectivity index (χ0n) is 50.3. The number of aromatic nitrogens is 2. The minimum absolute atomic E-state index is 0.00329. The topological polar surface area (TPSA) is 79.7 Å². The van der Waals surface area contributed by atoms with E-state index in [0.717, 1.165) is 62.1 Å². The maximum absolute atomic E-state index is 7.09. The van der Waals surface area contributed by atoms with Gasteiger partial charge < -0.3 is 37.2 Å². The number of benzene rings is 5. The lowest BCUT2D eigenvalue weighted by molar-refractivity contribution is 0.250. The van der Waals surface area contributed by atoms with Crippen LogP contribution in [0, 0.1) is 0 Å². The number of para-hydroxylation sites is 3. The maximum atomic E-state index is 7.09. The van der Waals surface area contributed by atoms with Crippen molar-refractivity contribution in [2.24, 2.45) is 0 Å². The van der Waals surface area contributed by atoms with Crippen LogP contribution in [0.15, 0.2) is 121 Å². The van der Waals surface area contributed by atoms with Crippen molar-refractivity contribution in [2.75, 3.05) is 16.5 Å². The van der Waals surface area contributed by atoms with Crippen LogP contribution in [-0.4, -0.2) is 58.9 Å². The molecule has 0 aliphatic carbocycles. The molecule has 5 heterocycles. The average Bonchev–Trinajstić information content (AvgIpc) is 4.16. The van der Waals surface area contributed by atoms with Gasteiger partial charge in [0.25, 0.3) is 0 Å². The number of rotatable bonds is 9. The van der Waals surface area contributed by atoms with Gasteiger partial charge in [0.2, 0.25) is 0 Å². The first-order chi connectivity index (χ1) is 36.9. The summed E-state index contributed by atoms with van der Waals surface area (Å²) in [6, 6.07) is 42.3. The molecular weight excluding hydrogens is 994 g/mol. The second kappa shape index (κ2) is 21.2. The van der Waals surface area contributed by atoms with Crippen molar-refractivity contribution in [2.45, 2.75) is 168 Å². The fourth-order valence-corrected chi connectivity index (χ4v) is 11.6. The molecule has 79 heavy (non-hydrogen) atoms. The number of hydrogen-bond donors (Lipinski definition) is 0. The molecule has 0 N–H and O–H groups in total. The molecule has 2 fully saturated rings. The summed E-state index contributed by atoms with van der Waals surface area (Å²) >= 11 is 1.93. The molecule has 0 radical (unpaired) electrons. The Morgan fingerprint density at radius 3 is 1.48 bits per heavy atom. The van der Waals surface area contributed by atoms with E-state index in [1.807, 2.05) is 18.0 Å². The smallest absolute Gasteiger partial charge is 0.452 e. The SMILES string of the molecule is CC(C)(C)B1OB(c2cc(C(C)(C)C)cc(B3OB(C(C)(C)C)OB(C(C)(C)C)O3)c2N2CN(c3cccc(CSCc4ccc5c6ccccc6n(-c6cc(C(C)(C)C)ccn6)c5c4)c3)c3ccccc32)OB(C(C)(C)C)O1. The minimum atomic E-state index is -0.795. The normalized spacial score (nSPS) is 16.3. The molecule has 10 nitrogen and oxygen atoms in total. The molecule has 0 atom stereocenters. The van der Waals surface area contributed by atoms with Gasteiger partial charge in [-0.15, -0.1) is 0 Å². The molecule has 0 bridgehead atoms. The number of hydrogen-bond acceptors (Lipinski definition) is 10. The van der Waals surface area contributed by atoms with Gasteiger partial charge in [-0.25, -0.2) is 4.98 Å². The summed E-state index contributed by atoms with van der Waals surface area (Å²) in [7, 11) is -3.80. The predicted octanol–water partition coefficient (Wildman–Crippen LogP) is 15.1. The van der Waals surface area contributed by atoms with E-state index in [4.69, 9.17) is 32.4 Å². The molecule has 0 amide bonds. The Morgan fingerprint density at radius 2 is 0.949 bits per heavy atom. The molecule has 3 aliphatic rings. The molecule has 0 unspecified atom stereocenters. The molecule has 10 rings (SSSR count). The summed E-state index contributed by atoms with van der Waals surface area (Å²) in [5.41, 5.74) is 12.9. The van der Waals surface area contributed by atoms with Crippen LogP contribution in [-0.2, 0) is 49.8 Å². The molecule has 0 spiro atoms. The van der Waals surface area contributed by atoms with Gasteiger partial charge in [-0.05, 0) is 103 Å². The van der Waals surface area contributed by atoms with Gasteiger partial charge in [0.1, 0.15) is 12.5 Å². The average molecular weight is 1070 g/mol. The maximum Gasteiger partial charge on any atom is 0.468 e. The summed E-state index contributed by atoms with van der Waals surface area (Å²) in [6.45, 7) is 40.0. The van der Waals surface area contributed by atoms with E-state index in [0.29, 0.717) is 6.67 Å². The zero-order chi connectivity index (χ0) is 56.8. The first-order valence-corrected chi connectivity index (χ1v) is 29.5. The quantitative estimate of drug-likeness (QED) is 0.130. The Kier molecular flexibility index (Phi) is 15.4. The molecule has 7 aromatic rings. The first kappa shape index (κ1) is 57.4. The second-order valence-electron chi connectivity index (χ2n) is 28.5. The van der Waals surface area contributed by atoms with E-state index in [2.05, 4.69) is 254 Å². The van der Waals surface area contributed by atoms with Crippen LogP contribution in [0.25, 0.3) is 27.6 Å². The molecule has 3 aliphatic heterocycles. The van der Waals surface area contributed by atoms with E-state index in [1.54, 1.807) is 0 Å². The Balaban J connectivity index is 1.02. The van der Waals surface area contributed by atoms with Crippen molar-refractivity contribution >= 4 is 110 Å². The summed E-state index contributed by atoms with van der Waals surface area (Å²) < 4.78 is 44.1. The highest BCUT2D eigenvalue weighted by atomic mass is 32.2. The second-order valence-corrected chi connectivity index (χ2v) is 29.5. The van der Waals surface area contributed by atoms with Gasteiger partial charge in [0, 0.05) is 50.8 Å². The third kappa shape index (κ3) is 11.9. The van der Waals surface area contributed by atoms with Crippen molar-refractivity contribution in [3.63, 3.8) is 0 Å². The molecule has 2 saturated heterocycles. The predicted molar refractivity (Wildman–Crippen MR) is 339 cm³/mol. The van der Waals surface area contributed by atoms with Gasteiger partial charge in [-0.3, -0.25) is 4.57 Å². The van der Waals surface area contributed by atoms with Crippen LogP contribution in [0.1, 0.15) is 147 Å². The highest BCUT2D eigenvalue weighted by molar-refractivity contribution is 7.97. The Morgan fingerprint density at radius 1 is 0.456 bits per heavy atom. The van der Waals surface area contributed by atoms with E-state index in [-0.39, 0.29) is 32.1 Å². The zero-order valence-corrected chi connectivity index (χ0v) is 51.1. The van der Waals surface area contributed by atoms with E-state index in [9.17, 15) is 0 Å². The van der Waals surface area contributed by atoms with Gasteiger partial charge >= 0.3 is 42.7 Å². The first-order valence-electron chi connectivity index (χ1n) is 28.3. The lowest BCUT2D eigenvalue weighted by Crippen LogP contribution is -2.62. The Hall–Kier alpha value is -4.85. The summed E-state index contributed by atoms with van der Waals surface area (Å²) in [5.74, 6) is 2.65. The van der Waals surface area contributed by atoms with E-state index < -0.39 is 42.7 Å². The van der Waals surface area contributed by atoms with Crippen molar-refractivity contribution in [3.05, 3.63) is 144 Å². The van der Waals surface area contributed by atoms with E-state index in [1.165, 1.54) is 33.0 Å². The molecule has 408 valence electrons. The number of pyridine rings is 1. The third-order valence-electron chi connectivity index (χ3n) is 15.2. The lowest BCUT2D eigenvalue weighted by atomic mass is 9.49. The highest BCUT2D eigenvalue weighted by Gasteiger charge is 2.55. The fraction of sp³-hybridized carbons (Fsp3) is 0.435.